The number of halogens is 3. The van der Waals surface area contributed by atoms with Crippen LogP contribution in [0, 0.1) is 12.7 Å². The third-order valence-electron chi connectivity index (χ3n) is 2.80. The largest absolute Gasteiger partial charge is 0.325 e. The third kappa shape index (κ3) is 3.81. The van der Waals surface area contributed by atoms with E-state index < -0.39 is 5.82 Å². The normalized spacial score (nSPS) is 10.4. The molecule has 2 rings (SSSR count). The van der Waals surface area contributed by atoms with E-state index >= 15 is 0 Å². The van der Waals surface area contributed by atoms with Gasteiger partial charge in [0.15, 0.2) is 0 Å². The molecule has 104 valence electrons. The van der Waals surface area contributed by atoms with Crippen molar-refractivity contribution in [3.63, 3.8) is 0 Å². The van der Waals surface area contributed by atoms with E-state index in [9.17, 15) is 9.18 Å². The smallest absolute Gasteiger partial charge is 0.228 e. The first-order chi connectivity index (χ1) is 9.45. The Morgan fingerprint density at radius 1 is 1.35 bits per heavy atom. The van der Waals surface area contributed by atoms with Gasteiger partial charge in [0.05, 0.1) is 10.9 Å². The number of carbonyl (C=O) groups is 1. The molecule has 0 spiro atoms. The third-order valence-corrected chi connectivity index (χ3v) is 3.64. The molecule has 2 aromatic rings. The maximum atomic E-state index is 13.5. The van der Waals surface area contributed by atoms with Crippen LogP contribution in [-0.2, 0) is 11.2 Å². The number of hydrogen-bond acceptors (Lipinski definition) is 1. The highest BCUT2D eigenvalue weighted by Crippen LogP contribution is 2.24. The van der Waals surface area contributed by atoms with Gasteiger partial charge in [-0.1, -0.05) is 23.7 Å². The molecule has 2 nitrogen and oxygen atoms in total. The fourth-order valence-electron chi connectivity index (χ4n) is 1.81. The maximum Gasteiger partial charge on any atom is 0.228 e. The molecule has 0 saturated heterocycles. The molecule has 0 fully saturated rings. The summed E-state index contributed by atoms with van der Waals surface area (Å²) >= 11 is 8.97. The molecule has 2 aromatic carbocycles. The van der Waals surface area contributed by atoms with Crippen LogP contribution in [0.25, 0.3) is 0 Å². The van der Waals surface area contributed by atoms with Crippen molar-refractivity contribution >= 4 is 39.1 Å². The van der Waals surface area contributed by atoms with Gasteiger partial charge in [-0.3, -0.25) is 4.79 Å². The molecule has 5 heteroatoms. The lowest BCUT2D eigenvalue weighted by Crippen LogP contribution is -2.15. The highest BCUT2D eigenvalue weighted by molar-refractivity contribution is 9.10. The first-order valence-electron chi connectivity index (χ1n) is 5.95. The number of rotatable bonds is 3. The summed E-state index contributed by atoms with van der Waals surface area (Å²) in [5.74, 6) is -0.620. The molecule has 0 radical (unpaired) electrons. The predicted molar refractivity (Wildman–Crippen MR) is 82.6 cm³/mol. The van der Waals surface area contributed by atoms with E-state index in [1.54, 1.807) is 31.2 Å². The first kappa shape index (κ1) is 15.0. The molecule has 1 amide bonds. The Balaban J connectivity index is 2.10. The van der Waals surface area contributed by atoms with Gasteiger partial charge in [-0.25, -0.2) is 4.39 Å². The number of amides is 1. The van der Waals surface area contributed by atoms with Crippen LogP contribution in [0.2, 0.25) is 5.02 Å². The summed E-state index contributed by atoms with van der Waals surface area (Å²) in [6.07, 6.45) is 0.192. The number of nitrogens with one attached hydrogen (secondary N) is 1. The van der Waals surface area contributed by atoms with E-state index in [-0.39, 0.29) is 12.3 Å². The molecule has 0 aromatic heterocycles. The van der Waals surface area contributed by atoms with Crippen molar-refractivity contribution in [1.29, 1.82) is 0 Å². The summed E-state index contributed by atoms with van der Waals surface area (Å²) < 4.78 is 13.9. The molecule has 0 heterocycles. The quantitative estimate of drug-likeness (QED) is 0.846. The van der Waals surface area contributed by atoms with Crippen molar-refractivity contribution in [3.8, 4) is 0 Å². The zero-order valence-electron chi connectivity index (χ0n) is 10.7. The minimum atomic E-state index is -0.409. The fourth-order valence-corrected chi connectivity index (χ4v) is 2.48. The molecule has 1 N–H and O–H groups in total. The fraction of sp³-hybridized carbons (Fsp3) is 0.133. The highest BCUT2D eigenvalue weighted by Gasteiger charge is 2.09. The maximum absolute atomic E-state index is 13.5. The minimum Gasteiger partial charge on any atom is -0.325 e. The second kappa shape index (κ2) is 6.37. The monoisotopic (exact) mass is 355 g/mol. The lowest BCUT2D eigenvalue weighted by atomic mass is 10.1. The molecule has 0 unspecified atom stereocenters. The van der Waals surface area contributed by atoms with E-state index in [1.165, 1.54) is 6.07 Å². The van der Waals surface area contributed by atoms with Crippen molar-refractivity contribution in [2.45, 2.75) is 13.3 Å². The van der Waals surface area contributed by atoms with Gasteiger partial charge in [-0.2, -0.15) is 0 Å². The molecular formula is C15H12BrClFNO. The summed E-state index contributed by atoms with van der Waals surface area (Å²) in [6, 6.07) is 10.0. The molecule has 20 heavy (non-hydrogen) atoms. The van der Waals surface area contributed by atoms with Crippen LogP contribution in [0.15, 0.2) is 40.9 Å². The Hall–Kier alpha value is -1.39. The lowest BCUT2D eigenvalue weighted by molar-refractivity contribution is -0.115. The van der Waals surface area contributed by atoms with Gasteiger partial charge in [0.2, 0.25) is 5.91 Å². The summed E-state index contributed by atoms with van der Waals surface area (Å²) in [4.78, 5) is 12.0. The highest BCUT2D eigenvalue weighted by atomic mass is 79.9. The number of anilines is 1. The zero-order chi connectivity index (χ0) is 14.7. The van der Waals surface area contributed by atoms with Crippen molar-refractivity contribution in [3.05, 3.63) is 62.8 Å². The topological polar surface area (TPSA) is 29.1 Å². The molecular weight excluding hydrogens is 345 g/mol. The van der Waals surface area contributed by atoms with Gasteiger partial charge in [0.1, 0.15) is 5.82 Å². The Kier molecular flexibility index (Phi) is 4.78. The van der Waals surface area contributed by atoms with Crippen molar-refractivity contribution in [2.24, 2.45) is 0 Å². The van der Waals surface area contributed by atoms with Crippen molar-refractivity contribution in [1.82, 2.24) is 0 Å². The average Bonchev–Trinajstić information content (AvgIpc) is 2.36. The van der Waals surface area contributed by atoms with Gasteiger partial charge in [-0.05, 0) is 58.2 Å². The van der Waals surface area contributed by atoms with Crippen molar-refractivity contribution < 1.29 is 9.18 Å². The van der Waals surface area contributed by atoms with E-state index in [2.05, 4.69) is 21.2 Å². The van der Waals surface area contributed by atoms with E-state index in [0.29, 0.717) is 15.2 Å². The van der Waals surface area contributed by atoms with E-state index in [0.717, 1.165) is 11.1 Å². The van der Waals surface area contributed by atoms with Crippen LogP contribution >= 0.6 is 27.5 Å². The Morgan fingerprint density at radius 3 is 2.80 bits per heavy atom. The summed E-state index contributed by atoms with van der Waals surface area (Å²) in [5, 5.41) is 3.29. The molecule has 0 aliphatic carbocycles. The minimum absolute atomic E-state index is 0.192. The van der Waals surface area contributed by atoms with Gasteiger partial charge < -0.3 is 5.32 Å². The van der Waals surface area contributed by atoms with Crippen LogP contribution in [0.4, 0.5) is 10.1 Å². The molecule has 0 aliphatic heterocycles. The van der Waals surface area contributed by atoms with Gasteiger partial charge >= 0.3 is 0 Å². The molecule has 0 bridgehead atoms. The van der Waals surface area contributed by atoms with E-state index in [4.69, 9.17) is 11.6 Å². The Morgan fingerprint density at radius 2 is 2.10 bits per heavy atom. The predicted octanol–water partition coefficient (Wildman–Crippen LogP) is 4.73. The van der Waals surface area contributed by atoms with E-state index in [1.807, 2.05) is 6.07 Å². The lowest BCUT2D eigenvalue weighted by Gasteiger charge is -2.09. The molecule has 0 aliphatic rings. The van der Waals surface area contributed by atoms with Crippen LogP contribution < -0.4 is 5.32 Å². The number of aryl methyl sites for hydroxylation is 1. The summed E-state index contributed by atoms with van der Waals surface area (Å²) in [6.45, 7) is 1.80. The molecule has 0 saturated carbocycles. The van der Waals surface area contributed by atoms with Crippen LogP contribution in [0.3, 0.4) is 0 Å². The number of carbonyl (C=O) groups excluding carboxylic acids is 1. The second-order valence-corrected chi connectivity index (χ2v) is 5.73. The second-order valence-electron chi connectivity index (χ2n) is 4.44. The summed E-state index contributed by atoms with van der Waals surface area (Å²) in [5.41, 5.74) is 2.07. The SMILES string of the molecule is Cc1cc(Br)c(F)cc1NC(=O)Cc1cccc(Cl)c1. The zero-order valence-corrected chi connectivity index (χ0v) is 13.1. The standard InChI is InChI=1S/C15H12BrClFNO/c1-9-5-12(16)13(18)8-14(9)19-15(20)7-10-3-2-4-11(17)6-10/h2-6,8H,7H2,1H3,(H,19,20). The van der Waals surface area contributed by atoms with Gasteiger partial charge in [-0.15, -0.1) is 0 Å². The first-order valence-corrected chi connectivity index (χ1v) is 7.13. The average molecular weight is 357 g/mol. The van der Waals surface area contributed by atoms with Gasteiger partial charge in [0.25, 0.3) is 0 Å². The summed E-state index contributed by atoms with van der Waals surface area (Å²) in [7, 11) is 0. The Bertz CT molecular complexity index is 660. The van der Waals surface area contributed by atoms with Crippen LogP contribution in [0.5, 0.6) is 0 Å². The van der Waals surface area contributed by atoms with Crippen LogP contribution in [-0.4, -0.2) is 5.91 Å². The molecule has 0 atom stereocenters. The number of hydrogen-bond donors (Lipinski definition) is 1. The Labute approximate surface area is 130 Å². The number of benzene rings is 2. The van der Waals surface area contributed by atoms with Crippen LogP contribution in [0.1, 0.15) is 11.1 Å². The van der Waals surface area contributed by atoms with Crippen molar-refractivity contribution in [2.75, 3.05) is 5.32 Å². The van der Waals surface area contributed by atoms with Gasteiger partial charge in [0, 0.05) is 10.7 Å².